The molecule has 12 heteroatoms. The van der Waals surface area contributed by atoms with Gasteiger partial charge in [0.05, 0.1) is 22.0 Å². The van der Waals surface area contributed by atoms with E-state index < -0.39 is 17.4 Å². The number of hydrogen-bond donors (Lipinski definition) is 1. The Hall–Kier alpha value is -4.09. The third kappa shape index (κ3) is 6.63. The number of nitrogens with zero attached hydrogens (tertiary/aromatic N) is 4. The fourth-order valence-corrected chi connectivity index (χ4v) is 5.44. The summed E-state index contributed by atoms with van der Waals surface area (Å²) in [4.78, 5) is 42.2. The van der Waals surface area contributed by atoms with Crippen LogP contribution in [0.3, 0.4) is 0 Å². The average Bonchev–Trinajstić information content (AvgIpc) is 2.97. The number of nitro benzene ring substituents is 1. The molecule has 210 valence electrons. The van der Waals surface area contributed by atoms with Crippen LogP contribution in [0.15, 0.2) is 75.0 Å². The van der Waals surface area contributed by atoms with Crippen LogP contribution in [-0.2, 0) is 4.79 Å². The zero-order valence-electron chi connectivity index (χ0n) is 21.8. The van der Waals surface area contributed by atoms with Gasteiger partial charge in [-0.15, -0.1) is 0 Å². The van der Waals surface area contributed by atoms with E-state index in [9.17, 15) is 19.7 Å². The summed E-state index contributed by atoms with van der Waals surface area (Å²) in [6, 6.07) is 16.4. The van der Waals surface area contributed by atoms with Crippen molar-refractivity contribution in [2.75, 3.05) is 11.9 Å². The first kappa shape index (κ1) is 28.4. The lowest BCUT2D eigenvalue weighted by molar-refractivity contribution is -0.385. The molecule has 1 heterocycles. The molecule has 1 saturated carbocycles. The SMILES string of the molecule is O=C(COc1c(C=Nn2c(C3CCCCC3)nc3ccccc3c2=O)cc(Br)cc1[N+](=O)[O-])Nc1ccc(Cl)cc1. The Balaban J connectivity index is 1.51. The van der Waals surface area contributed by atoms with Crippen LogP contribution < -0.4 is 15.6 Å². The molecular formula is C29H25BrClN5O5. The minimum absolute atomic E-state index is 0.0577. The number of carbonyl (C=O) groups is 1. The number of nitro groups is 1. The summed E-state index contributed by atoms with van der Waals surface area (Å²) in [6.07, 6.45) is 6.30. The Kier molecular flexibility index (Phi) is 8.75. The standard InChI is InChI=1S/C29H25BrClN5O5/c30-20-14-19(27(25(15-20)36(39)40)41-17-26(37)33-22-12-10-21(31)11-13-22)16-32-35-28(18-6-2-1-3-7-18)34-24-9-5-4-8-23(24)29(35)38/h4-5,8-16,18H,1-3,6-7,17H2,(H,33,37). The van der Waals surface area contributed by atoms with Gasteiger partial charge < -0.3 is 10.1 Å². The van der Waals surface area contributed by atoms with Gasteiger partial charge in [0, 0.05) is 32.7 Å². The van der Waals surface area contributed by atoms with E-state index in [1.54, 1.807) is 48.5 Å². The highest BCUT2D eigenvalue weighted by atomic mass is 79.9. The molecule has 3 aromatic carbocycles. The number of aromatic nitrogens is 2. The average molecular weight is 639 g/mol. The summed E-state index contributed by atoms with van der Waals surface area (Å²) in [5.41, 5.74) is 0.602. The third-order valence-corrected chi connectivity index (χ3v) is 7.51. The van der Waals surface area contributed by atoms with Crippen LogP contribution in [0.2, 0.25) is 5.02 Å². The van der Waals surface area contributed by atoms with E-state index in [4.69, 9.17) is 21.3 Å². The van der Waals surface area contributed by atoms with Crippen molar-refractivity contribution in [3.63, 3.8) is 0 Å². The van der Waals surface area contributed by atoms with Crippen LogP contribution in [-0.4, -0.2) is 33.3 Å². The smallest absolute Gasteiger partial charge is 0.312 e. The van der Waals surface area contributed by atoms with Crippen molar-refractivity contribution < 1.29 is 14.5 Å². The summed E-state index contributed by atoms with van der Waals surface area (Å²) in [7, 11) is 0. The molecule has 0 saturated heterocycles. The van der Waals surface area contributed by atoms with Crippen molar-refractivity contribution in [1.82, 2.24) is 9.66 Å². The Morgan fingerprint density at radius 3 is 2.63 bits per heavy atom. The normalized spacial score (nSPS) is 13.9. The summed E-state index contributed by atoms with van der Waals surface area (Å²) in [5.74, 6) is -0.0718. The molecule has 1 N–H and O–H groups in total. The molecule has 1 amide bonds. The molecule has 1 fully saturated rings. The van der Waals surface area contributed by atoms with Gasteiger partial charge in [-0.2, -0.15) is 9.78 Å². The minimum atomic E-state index is -0.605. The van der Waals surface area contributed by atoms with Gasteiger partial charge in [0.15, 0.2) is 6.61 Å². The number of carbonyl (C=O) groups excluding carboxylic acids is 1. The second-order valence-corrected chi connectivity index (χ2v) is 11.0. The number of nitrogens with one attached hydrogen (secondary N) is 1. The number of amides is 1. The zero-order valence-corrected chi connectivity index (χ0v) is 24.1. The molecule has 4 aromatic rings. The van der Waals surface area contributed by atoms with E-state index in [-0.39, 0.29) is 28.5 Å². The predicted octanol–water partition coefficient (Wildman–Crippen LogP) is 6.67. The maximum absolute atomic E-state index is 13.5. The fraction of sp³-hybridized carbons (Fsp3) is 0.241. The van der Waals surface area contributed by atoms with Crippen LogP contribution in [0.5, 0.6) is 5.75 Å². The van der Waals surface area contributed by atoms with Crippen molar-refractivity contribution in [3.05, 3.63) is 102 Å². The van der Waals surface area contributed by atoms with Gasteiger partial charge in [0.2, 0.25) is 5.75 Å². The number of halogens is 2. The van der Waals surface area contributed by atoms with Crippen molar-refractivity contribution >= 4 is 61.9 Å². The highest BCUT2D eigenvalue weighted by molar-refractivity contribution is 9.10. The van der Waals surface area contributed by atoms with E-state index in [0.717, 1.165) is 32.1 Å². The molecule has 10 nitrogen and oxygen atoms in total. The van der Waals surface area contributed by atoms with E-state index in [0.29, 0.717) is 31.9 Å². The molecule has 1 aromatic heterocycles. The van der Waals surface area contributed by atoms with Crippen LogP contribution in [0.4, 0.5) is 11.4 Å². The molecular weight excluding hydrogens is 614 g/mol. The van der Waals surface area contributed by atoms with Crippen molar-refractivity contribution in [2.24, 2.45) is 5.10 Å². The molecule has 5 rings (SSSR count). The number of para-hydroxylation sites is 1. The van der Waals surface area contributed by atoms with Gasteiger partial charge in [0.25, 0.3) is 11.5 Å². The van der Waals surface area contributed by atoms with Crippen molar-refractivity contribution in [2.45, 2.75) is 38.0 Å². The van der Waals surface area contributed by atoms with Crippen molar-refractivity contribution in [1.29, 1.82) is 0 Å². The predicted molar refractivity (Wildman–Crippen MR) is 161 cm³/mol. The maximum Gasteiger partial charge on any atom is 0.312 e. The van der Waals surface area contributed by atoms with E-state index >= 15 is 0 Å². The number of rotatable bonds is 8. The highest BCUT2D eigenvalue weighted by Crippen LogP contribution is 2.35. The lowest BCUT2D eigenvalue weighted by Crippen LogP contribution is -2.25. The summed E-state index contributed by atoms with van der Waals surface area (Å²) >= 11 is 9.19. The van der Waals surface area contributed by atoms with Gasteiger partial charge >= 0.3 is 5.69 Å². The van der Waals surface area contributed by atoms with Crippen LogP contribution >= 0.6 is 27.5 Å². The quantitative estimate of drug-likeness (QED) is 0.130. The van der Waals surface area contributed by atoms with Gasteiger partial charge in [-0.05, 0) is 55.3 Å². The minimum Gasteiger partial charge on any atom is -0.476 e. The summed E-state index contributed by atoms with van der Waals surface area (Å²) < 4.78 is 7.37. The number of anilines is 1. The molecule has 0 aliphatic heterocycles. The van der Waals surface area contributed by atoms with E-state index in [1.807, 2.05) is 6.07 Å². The lowest BCUT2D eigenvalue weighted by Gasteiger charge is -2.22. The third-order valence-electron chi connectivity index (χ3n) is 6.80. The molecule has 0 atom stereocenters. The molecule has 1 aliphatic rings. The lowest BCUT2D eigenvalue weighted by atomic mass is 9.88. The summed E-state index contributed by atoms with van der Waals surface area (Å²) in [6.45, 7) is -0.503. The highest BCUT2D eigenvalue weighted by Gasteiger charge is 2.24. The van der Waals surface area contributed by atoms with Gasteiger partial charge in [-0.3, -0.25) is 19.7 Å². The van der Waals surface area contributed by atoms with Gasteiger partial charge in [0.1, 0.15) is 5.82 Å². The first-order valence-electron chi connectivity index (χ1n) is 13.0. The maximum atomic E-state index is 13.5. The van der Waals surface area contributed by atoms with Gasteiger partial charge in [-0.25, -0.2) is 4.98 Å². The van der Waals surface area contributed by atoms with E-state index in [2.05, 4.69) is 26.3 Å². The molecule has 41 heavy (non-hydrogen) atoms. The molecule has 0 bridgehead atoms. The van der Waals surface area contributed by atoms with E-state index in [1.165, 1.54) is 17.0 Å². The number of ether oxygens (including phenoxy) is 1. The van der Waals surface area contributed by atoms with Crippen LogP contribution in [0.1, 0.15) is 49.4 Å². The number of hydrogen-bond acceptors (Lipinski definition) is 7. The second kappa shape index (κ2) is 12.6. The Labute approximate surface area is 248 Å². The number of benzene rings is 3. The monoisotopic (exact) mass is 637 g/mol. The Morgan fingerprint density at radius 1 is 1.17 bits per heavy atom. The largest absolute Gasteiger partial charge is 0.476 e. The number of fused-ring (bicyclic) bond motifs is 1. The fourth-order valence-electron chi connectivity index (χ4n) is 4.85. The topological polar surface area (TPSA) is 129 Å². The second-order valence-electron chi connectivity index (χ2n) is 9.63. The summed E-state index contributed by atoms with van der Waals surface area (Å²) in [5, 5.41) is 20.0. The Bertz CT molecular complexity index is 1700. The Morgan fingerprint density at radius 2 is 1.90 bits per heavy atom. The van der Waals surface area contributed by atoms with Crippen LogP contribution in [0, 0.1) is 10.1 Å². The molecule has 0 spiro atoms. The molecule has 1 aliphatic carbocycles. The zero-order chi connectivity index (χ0) is 28.9. The van der Waals surface area contributed by atoms with Crippen molar-refractivity contribution in [3.8, 4) is 5.75 Å². The van der Waals surface area contributed by atoms with Gasteiger partial charge in [-0.1, -0.05) is 58.9 Å². The first-order chi connectivity index (χ1) is 19.8. The van der Waals surface area contributed by atoms with Crippen LogP contribution in [0.25, 0.3) is 10.9 Å². The molecule has 0 radical (unpaired) electrons. The first-order valence-corrected chi connectivity index (χ1v) is 14.2. The molecule has 0 unspecified atom stereocenters.